The molecular formula is C12H12N2O5. The van der Waals surface area contributed by atoms with Crippen LogP contribution in [0.15, 0.2) is 35.3 Å². The van der Waals surface area contributed by atoms with Crippen LogP contribution >= 0.6 is 0 Å². The van der Waals surface area contributed by atoms with Crippen LogP contribution in [0.1, 0.15) is 6.04 Å². The van der Waals surface area contributed by atoms with Crippen molar-refractivity contribution in [2.75, 3.05) is 13.2 Å². The molecule has 1 aromatic heterocycles. The third kappa shape index (κ3) is 2.20. The van der Waals surface area contributed by atoms with E-state index < -0.39 is 29.7 Å². The summed E-state index contributed by atoms with van der Waals surface area (Å²) in [6.07, 6.45) is 1.34. The van der Waals surface area contributed by atoms with E-state index in [1.807, 2.05) is 0 Å². The maximum absolute atomic E-state index is 12.2. The van der Waals surface area contributed by atoms with E-state index in [0.717, 1.165) is 0 Å². The Morgan fingerprint density at radius 2 is 1.89 bits per heavy atom. The van der Waals surface area contributed by atoms with Gasteiger partial charge >= 0.3 is 0 Å². The first-order valence-corrected chi connectivity index (χ1v) is 5.60. The minimum atomic E-state index is -0.754. The van der Waals surface area contributed by atoms with Crippen LogP contribution < -0.4 is 5.56 Å². The number of nitrogens with zero attached hydrogens (tertiary/aromatic N) is 2. The van der Waals surface area contributed by atoms with Gasteiger partial charge in [0.2, 0.25) is 0 Å². The smallest absolute Gasteiger partial charge is 0.277 e. The average molecular weight is 264 g/mol. The Labute approximate surface area is 107 Å². The molecule has 0 aliphatic heterocycles. The highest BCUT2D eigenvalue weighted by atomic mass is 16.6. The largest absolute Gasteiger partial charge is 0.394 e. The molecule has 0 unspecified atom stereocenters. The molecule has 0 atom stereocenters. The standard InChI is InChI=1S/C12H12N2O5/c15-6-8(7-16)13-5-4-9-10(12(13)17)2-1-3-11(9)14(18)19/h1-5,8,15-16H,6-7H2. The number of fused-ring (bicyclic) bond motifs is 1. The van der Waals surface area contributed by atoms with Crippen LogP contribution in [0.5, 0.6) is 0 Å². The van der Waals surface area contributed by atoms with E-state index in [-0.39, 0.29) is 16.5 Å². The Balaban J connectivity index is 2.73. The van der Waals surface area contributed by atoms with Crippen LogP contribution in [0.2, 0.25) is 0 Å². The first-order chi connectivity index (χ1) is 9.10. The van der Waals surface area contributed by atoms with Crippen molar-refractivity contribution in [3.63, 3.8) is 0 Å². The lowest BCUT2D eigenvalue weighted by Crippen LogP contribution is -2.28. The number of benzene rings is 1. The van der Waals surface area contributed by atoms with Crippen molar-refractivity contribution < 1.29 is 15.1 Å². The maximum Gasteiger partial charge on any atom is 0.277 e. The predicted octanol–water partition coefficient (Wildman–Crippen LogP) is 0.435. The van der Waals surface area contributed by atoms with E-state index in [4.69, 9.17) is 10.2 Å². The zero-order valence-corrected chi connectivity index (χ0v) is 9.89. The van der Waals surface area contributed by atoms with Crippen LogP contribution in [-0.2, 0) is 0 Å². The molecule has 0 bridgehead atoms. The number of hydrogen-bond donors (Lipinski definition) is 2. The van der Waals surface area contributed by atoms with Gasteiger partial charge in [-0.2, -0.15) is 0 Å². The summed E-state index contributed by atoms with van der Waals surface area (Å²) in [5.41, 5.74) is -0.624. The second kappa shape index (κ2) is 5.17. The van der Waals surface area contributed by atoms with Crippen LogP contribution in [0, 0.1) is 10.1 Å². The number of aliphatic hydroxyl groups excluding tert-OH is 2. The van der Waals surface area contributed by atoms with Gasteiger partial charge in [-0.05, 0) is 12.1 Å². The van der Waals surface area contributed by atoms with E-state index in [0.29, 0.717) is 0 Å². The molecule has 0 radical (unpaired) electrons. The molecule has 0 aliphatic carbocycles. The lowest BCUT2D eigenvalue weighted by Gasteiger charge is -2.15. The molecule has 0 amide bonds. The molecule has 7 nitrogen and oxygen atoms in total. The quantitative estimate of drug-likeness (QED) is 0.615. The summed E-state index contributed by atoms with van der Waals surface area (Å²) in [6.45, 7) is -0.784. The lowest BCUT2D eigenvalue weighted by molar-refractivity contribution is -0.383. The molecule has 2 N–H and O–H groups in total. The summed E-state index contributed by atoms with van der Waals surface area (Å²) in [7, 11) is 0. The van der Waals surface area contributed by atoms with Gasteiger partial charge in [0.05, 0.1) is 35.0 Å². The lowest BCUT2D eigenvalue weighted by atomic mass is 10.1. The first-order valence-electron chi connectivity index (χ1n) is 5.60. The van der Waals surface area contributed by atoms with Crippen LogP contribution in [0.4, 0.5) is 5.69 Å². The Hall–Kier alpha value is -2.25. The van der Waals surface area contributed by atoms with Crippen LogP contribution in [-0.4, -0.2) is 32.9 Å². The van der Waals surface area contributed by atoms with Gasteiger partial charge in [-0.25, -0.2) is 0 Å². The number of nitro benzene ring substituents is 1. The Morgan fingerprint density at radius 3 is 2.47 bits per heavy atom. The monoisotopic (exact) mass is 264 g/mol. The highest BCUT2D eigenvalue weighted by molar-refractivity contribution is 5.89. The average Bonchev–Trinajstić information content (AvgIpc) is 2.42. The molecule has 0 aliphatic rings. The van der Waals surface area contributed by atoms with Gasteiger partial charge in [0.1, 0.15) is 0 Å². The molecule has 0 fully saturated rings. The molecule has 1 heterocycles. The number of nitro groups is 1. The Morgan fingerprint density at radius 1 is 1.21 bits per heavy atom. The molecule has 100 valence electrons. The van der Waals surface area contributed by atoms with Gasteiger partial charge < -0.3 is 14.8 Å². The molecule has 19 heavy (non-hydrogen) atoms. The summed E-state index contributed by atoms with van der Waals surface area (Å²) in [6, 6.07) is 4.91. The van der Waals surface area contributed by atoms with E-state index >= 15 is 0 Å². The fourth-order valence-corrected chi connectivity index (χ4v) is 1.96. The molecule has 0 spiro atoms. The summed E-state index contributed by atoms with van der Waals surface area (Å²) in [5, 5.41) is 29.5. The summed E-state index contributed by atoms with van der Waals surface area (Å²) < 4.78 is 1.17. The van der Waals surface area contributed by atoms with Crippen molar-refractivity contribution in [1.29, 1.82) is 0 Å². The molecule has 2 rings (SSSR count). The summed E-state index contributed by atoms with van der Waals surface area (Å²) in [4.78, 5) is 22.5. The molecule has 0 saturated heterocycles. The van der Waals surface area contributed by atoms with Gasteiger partial charge in [0.25, 0.3) is 11.2 Å². The van der Waals surface area contributed by atoms with Crippen molar-refractivity contribution in [3.05, 3.63) is 50.9 Å². The molecule has 7 heteroatoms. The van der Waals surface area contributed by atoms with Gasteiger partial charge in [-0.15, -0.1) is 0 Å². The second-order valence-corrected chi connectivity index (χ2v) is 4.04. The number of non-ortho nitro benzene ring substituents is 1. The van der Waals surface area contributed by atoms with E-state index in [9.17, 15) is 14.9 Å². The van der Waals surface area contributed by atoms with Crippen molar-refractivity contribution in [2.45, 2.75) is 6.04 Å². The molecule has 2 aromatic rings. The van der Waals surface area contributed by atoms with Gasteiger partial charge in [-0.3, -0.25) is 14.9 Å². The number of rotatable bonds is 4. The van der Waals surface area contributed by atoms with E-state index in [1.165, 1.54) is 35.0 Å². The van der Waals surface area contributed by atoms with E-state index in [2.05, 4.69) is 0 Å². The summed E-state index contributed by atoms with van der Waals surface area (Å²) in [5.74, 6) is 0. The van der Waals surface area contributed by atoms with Gasteiger partial charge in [0, 0.05) is 12.3 Å². The molecule has 1 aromatic carbocycles. The zero-order chi connectivity index (χ0) is 14.0. The fourth-order valence-electron chi connectivity index (χ4n) is 1.96. The minimum Gasteiger partial charge on any atom is -0.394 e. The number of pyridine rings is 1. The SMILES string of the molecule is O=c1c2cccc([N+](=O)[O-])c2ccn1C(CO)CO. The van der Waals surface area contributed by atoms with Gasteiger partial charge in [-0.1, -0.05) is 6.07 Å². The highest BCUT2D eigenvalue weighted by Gasteiger charge is 2.16. The summed E-state index contributed by atoms with van der Waals surface area (Å²) >= 11 is 0. The van der Waals surface area contributed by atoms with Crippen molar-refractivity contribution in [1.82, 2.24) is 4.57 Å². The maximum atomic E-state index is 12.2. The van der Waals surface area contributed by atoms with E-state index in [1.54, 1.807) is 0 Å². The molecular weight excluding hydrogens is 252 g/mol. The second-order valence-electron chi connectivity index (χ2n) is 4.04. The highest BCUT2D eigenvalue weighted by Crippen LogP contribution is 2.23. The minimum absolute atomic E-state index is 0.147. The van der Waals surface area contributed by atoms with Crippen LogP contribution in [0.3, 0.4) is 0 Å². The first kappa shape index (κ1) is 13.2. The zero-order valence-electron chi connectivity index (χ0n) is 9.89. The normalized spacial score (nSPS) is 11.1. The van der Waals surface area contributed by atoms with Crippen molar-refractivity contribution in [2.24, 2.45) is 0 Å². The van der Waals surface area contributed by atoms with Gasteiger partial charge in [0.15, 0.2) is 0 Å². The molecule has 0 saturated carbocycles. The van der Waals surface area contributed by atoms with Crippen LogP contribution in [0.25, 0.3) is 10.8 Å². The predicted molar refractivity (Wildman–Crippen MR) is 68.1 cm³/mol. The Kier molecular flexibility index (Phi) is 3.59. The van der Waals surface area contributed by atoms with Crippen molar-refractivity contribution >= 4 is 16.5 Å². The third-order valence-corrected chi connectivity index (χ3v) is 2.96. The number of hydrogen-bond acceptors (Lipinski definition) is 5. The third-order valence-electron chi connectivity index (χ3n) is 2.96. The number of aromatic nitrogens is 1. The van der Waals surface area contributed by atoms with Crippen molar-refractivity contribution in [3.8, 4) is 0 Å². The Bertz CT molecular complexity index is 675. The fraction of sp³-hybridized carbons (Fsp3) is 0.250. The number of aliphatic hydroxyl groups is 2. The topological polar surface area (TPSA) is 106 Å².